The summed E-state index contributed by atoms with van der Waals surface area (Å²) in [7, 11) is 4.83. The van der Waals surface area contributed by atoms with Gasteiger partial charge in [0.15, 0.2) is 11.5 Å². The van der Waals surface area contributed by atoms with Crippen LogP contribution in [0.1, 0.15) is 24.3 Å². The Bertz CT molecular complexity index is 643. The van der Waals surface area contributed by atoms with E-state index in [2.05, 4.69) is 6.58 Å². The van der Waals surface area contributed by atoms with E-state index in [1.807, 2.05) is 30.7 Å². The van der Waals surface area contributed by atoms with Crippen LogP contribution in [0.3, 0.4) is 0 Å². The second-order valence-electron chi connectivity index (χ2n) is 6.26. The van der Waals surface area contributed by atoms with Crippen molar-refractivity contribution >= 4 is 23.5 Å². The van der Waals surface area contributed by atoms with E-state index in [1.165, 1.54) is 0 Å². The SMILES string of the molecule is C=CCC(O)(C=C(SC)SC)C1CC1c1cc(OC)c(OC)c(OC)c1. The second kappa shape index (κ2) is 9.11. The maximum atomic E-state index is 11.3. The molecule has 6 heteroatoms. The maximum absolute atomic E-state index is 11.3. The van der Waals surface area contributed by atoms with Crippen LogP contribution in [0.4, 0.5) is 0 Å². The van der Waals surface area contributed by atoms with Crippen molar-refractivity contribution in [2.45, 2.75) is 24.4 Å². The fourth-order valence-corrected chi connectivity index (χ4v) is 4.70. The molecule has 0 saturated heterocycles. The molecular weight excluding hydrogens is 368 g/mol. The van der Waals surface area contributed by atoms with Gasteiger partial charge in [-0.05, 0) is 61.0 Å². The maximum Gasteiger partial charge on any atom is 0.203 e. The molecule has 26 heavy (non-hydrogen) atoms. The number of rotatable bonds is 10. The number of benzene rings is 1. The lowest BCUT2D eigenvalue weighted by atomic mass is 9.91. The number of thioether (sulfide) groups is 2. The van der Waals surface area contributed by atoms with E-state index < -0.39 is 5.60 Å². The Morgan fingerprint density at radius 1 is 1.19 bits per heavy atom. The smallest absolute Gasteiger partial charge is 0.203 e. The number of ether oxygens (including phenoxy) is 3. The first-order chi connectivity index (χ1) is 12.5. The highest BCUT2D eigenvalue weighted by Crippen LogP contribution is 2.57. The third-order valence-electron chi connectivity index (χ3n) is 4.79. The van der Waals surface area contributed by atoms with Crippen molar-refractivity contribution < 1.29 is 19.3 Å². The molecule has 3 unspecified atom stereocenters. The summed E-state index contributed by atoms with van der Waals surface area (Å²) < 4.78 is 17.4. The first-order valence-electron chi connectivity index (χ1n) is 8.41. The number of hydrogen-bond acceptors (Lipinski definition) is 6. The van der Waals surface area contributed by atoms with Gasteiger partial charge in [0.05, 0.1) is 26.9 Å². The molecule has 144 valence electrons. The third-order valence-corrected chi connectivity index (χ3v) is 6.83. The first-order valence-corrected chi connectivity index (χ1v) is 10.9. The number of methoxy groups -OCH3 is 3. The molecule has 0 aliphatic heterocycles. The van der Waals surface area contributed by atoms with Crippen LogP contribution in [0, 0.1) is 5.92 Å². The Morgan fingerprint density at radius 2 is 1.77 bits per heavy atom. The fourth-order valence-electron chi connectivity index (χ4n) is 3.39. The third kappa shape index (κ3) is 4.35. The normalized spacial score (nSPS) is 20.7. The molecule has 1 aromatic rings. The molecular formula is C20H28O4S2. The molecule has 4 nitrogen and oxygen atoms in total. The van der Waals surface area contributed by atoms with Crippen molar-refractivity contribution in [2.75, 3.05) is 33.8 Å². The zero-order valence-corrected chi connectivity index (χ0v) is 17.7. The minimum absolute atomic E-state index is 0.137. The number of hydrogen-bond donors (Lipinski definition) is 1. The fraction of sp³-hybridized carbons (Fsp3) is 0.500. The van der Waals surface area contributed by atoms with Crippen molar-refractivity contribution in [3.63, 3.8) is 0 Å². The van der Waals surface area contributed by atoms with Crippen LogP contribution in [-0.4, -0.2) is 44.5 Å². The summed E-state index contributed by atoms with van der Waals surface area (Å²) in [5.41, 5.74) is 0.198. The molecule has 1 aliphatic rings. The molecule has 1 fully saturated rings. The van der Waals surface area contributed by atoms with E-state index in [4.69, 9.17) is 14.2 Å². The van der Waals surface area contributed by atoms with Gasteiger partial charge in [-0.3, -0.25) is 0 Å². The van der Waals surface area contributed by atoms with E-state index in [0.29, 0.717) is 23.7 Å². The van der Waals surface area contributed by atoms with Gasteiger partial charge in [0.2, 0.25) is 5.75 Å². The minimum atomic E-state index is -0.895. The van der Waals surface area contributed by atoms with Crippen molar-refractivity contribution in [1.82, 2.24) is 0 Å². The molecule has 0 amide bonds. The molecule has 1 aromatic carbocycles. The molecule has 1 N–H and O–H groups in total. The standard InChI is InChI=1S/C20H28O4S2/c1-7-8-20(21,12-18(25-5)26-6)15-11-14(15)13-9-16(22-2)19(24-4)17(10-13)23-3/h7,9-10,12,14-15,21H,1,8,11H2,2-6H3. The Labute approximate surface area is 165 Å². The molecule has 0 heterocycles. The lowest BCUT2D eigenvalue weighted by Crippen LogP contribution is -2.29. The van der Waals surface area contributed by atoms with Crippen molar-refractivity contribution in [2.24, 2.45) is 5.92 Å². The summed E-state index contributed by atoms with van der Waals surface area (Å²) in [6.07, 6.45) is 9.28. The molecule has 0 bridgehead atoms. The van der Waals surface area contributed by atoms with Gasteiger partial charge in [0.25, 0.3) is 0 Å². The molecule has 1 aliphatic carbocycles. The van der Waals surface area contributed by atoms with Crippen LogP contribution in [0.2, 0.25) is 0 Å². The highest BCUT2D eigenvalue weighted by molar-refractivity contribution is 8.21. The van der Waals surface area contributed by atoms with Gasteiger partial charge in [-0.25, -0.2) is 0 Å². The Hall–Kier alpha value is -1.24. The van der Waals surface area contributed by atoms with Crippen LogP contribution in [-0.2, 0) is 0 Å². The van der Waals surface area contributed by atoms with Gasteiger partial charge in [-0.15, -0.1) is 30.1 Å². The summed E-state index contributed by atoms with van der Waals surface area (Å²) in [4.78, 5) is 0. The molecule has 1 saturated carbocycles. The topological polar surface area (TPSA) is 47.9 Å². The molecule has 2 rings (SSSR count). The van der Waals surface area contributed by atoms with Crippen molar-refractivity contribution in [3.05, 3.63) is 40.7 Å². The average molecular weight is 397 g/mol. The quantitative estimate of drug-likeness (QED) is 0.579. The van der Waals surface area contributed by atoms with Crippen molar-refractivity contribution in [1.29, 1.82) is 0 Å². The summed E-state index contributed by atoms with van der Waals surface area (Å²) in [6, 6.07) is 3.96. The predicted molar refractivity (Wildman–Crippen MR) is 112 cm³/mol. The molecule has 0 radical (unpaired) electrons. The highest BCUT2D eigenvalue weighted by Gasteiger charge is 2.51. The van der Waals surface area contributed by atoms with Crippen molar-refractivity contribution in [3.8, 4) is 17.2 Å². The zero-order valence-electron chi connectivity index (χ0n) is 16.1. The highest BCUT2D eigenvalue weighted by atomic mass is 32.2. The monoisotopic (exact) mass is 396 g/mol. The van der Waals surface area contributed by atoms with Gasteiger partial charge >= 0.3 is 0 Å². The predicted octanol–water partition coefficient (Wildman–Crippen LogP) is 4.69. The zero-order chi connectivity index (χ0) is 19.3. The Morgan fingerprint density at radius 3 is 2.19 bits per heavy atom. The van der Waals surface area contributed by atoms with E-state index >= 15 is 0 Å². The van der Waals surface area contributed by atoms with E-state index in [9.17, 15) is 5.11 Å². The van der Waals surface area contributed by atoms with Crippen LogP contribution in [0.25, 0.3) is 0 Å². The molecule has 0 aromatic heterocycles. The van der Waals surface area contributed by atoms with Crippen LogP contribution in [0.5, 0.6) is 17.2 Å². The largest absolute Gasteiger partial charge is 0.493 e. The van der Waals surface area contributed by atoms with Gasteiger partial charge in [-0.2, -0.15) is 0 Å². The van der Waals surface area contributed by atoms with Gasteiger partial charge in [-0.1, -0.05) is 6.08 Å². The summed E-state index contributed by atoms with van der Waals surface area (Å²) in [5.74, 6) is 2.25. The summed E-state index contributed by atoms with van der Waals surface area (Å²) in [6.45, 7) is 3.83. The Kier molecular flexibility index (Phi) is 7.38. The molecule has 0 spiro atoms. The van der Waals surface area contributed by atoms with E-state index in [1.54, 1.807) is 50.9 Å². The average Bonchev–Trinajstić information content (AvgIpc) is 3.46. The van der Waals surface area contributed by atoms with Crippen LogP contribution < -0.4 is 14.2 Å². The summed E-state index contributed by atoms with van der Waals surface area (Å²) >= 11 is 3.31. The van der Waals surface area contributed by atoms with Gasteiger partial charge in [0, 0.05) is 4.24 Å². The van der Waals surface area contributed by atoms with E-state index in [-0.39, 0.29) is 11.8 Å². The lowest BCUT2D eigenvalue weighted by molar-refractivity contribution is 0.0684. The van der Waals surface area contributed by atoms with Gasteiger partial charge in [0.1, 0.15) is 0 Å². The second-order valence-corrected chi connectivity index (χ2v) is 8.22. The lowest BCUT2D eigenvalue weighted by Gasteiger charge is -2.25. The number of aliphatic hydroxyl groups is 1. The van der Waals surface area contributed by atoms with Gasteiger partial charge < -0.3 is 19.3 Å². The van der Waals surface area contributed by atoms with E-state index in [0.717, 1.165) is 16.2 Å². The minimum Gasteiger partial charge on any atom is -0.493 e. The molecule has 3 atom stereocenters. The Balaban J connectivity index is 2.35. The first kappa shape index (κ1) is 21.1. The van der Waals surface area contributed by atoms with Crippen LogP contribution in [0.15, 0.2) is 35.1 Å². The van der Waals surface area contributed by atoms with Crippen LogP contribution >= 0.6 is 23.5 Å². The summed E-state index contributed by atoms with van der Waals surface area (Å²) in [5, 5.41) is 11.3.